The molecular formula is C43H44O4. The van der Waals surface area contributed by atoms with E-state index in [0.717, 1.165) is 22.3 Å². The van der Waals surface area contributed by atoms with Gasteiger partial charge in [0.1, 0.15) is 6.61 Å². The maximum atomic E-state index is 13.6. The summed E-state index contributed by atoms with van der Waals surface area (Å²) in [5.74, 6) is -0.383. The Morgan fingerprint density at radius 3 is 1.45 bits per heavy atom. The third-order valence-corrected chi connectivity index (χ3v) is 8.48. The molecule has 0 saturated heterocycles. The molecule has 47 heavy (non-hydrogen) atoms. The summed E-state index contributed by atoms with van der Waals surface area (Å²) in [7, 11) is 0. The average Bonchev–Trinajstić information content (AvgIpc) is 3.06. The van der Waals surface area contributed by atoms with Crippen LogP contribution in [0.4, 0.5) is 0 Å². The van der Waals surface area contributed by atoms with Crippen LogP contribution in [0.25, 0.3) is 22.3 Å². The van der Waals surface area contributed by atoms with Gasteiger partial charge in [0.2, 0.25) is 0 Å². The molecule has 0 atom stereocenters. The predicted molar refractivity (Wildman–Crippen MR) is 192 cm³/mol. The van der Waals surface area contributed by atoms with Gasteiger partial charge >= 0.3 is 5.97 Å². The lowest BCUT2D eigenvalue weighted by atomic mass is 9.83. The molecule has 0 bridgehead atoms. The van der Waals surface area contributed by atoms with Crippen LogP contribution >= 0.6 is 0 Å². The molecule has 0 aromatic heterocycles. The molecule has 4 heteroatoms. The molecule has 0 unspecified atom stereocenters. The summed E-state index contributed by atoms with van der Waals surface area (Å²) in [4.78, 5) is 13.6. The van der Waals surface area contributed by atoms with Crippen molar-refractivity contribution in [3.8, 4) is 33.8 Å². The predicted octanol–water partition coefficient (Wildman–Crippen LogP) is 10.6. The number of carboxylic acids is 1. The van der Waals surface area contributed by atoms with Gasteiger partial charge in [-0.1, -0.05) is 163 Å². The highest BCUT2D eigenvalue weighted by Gasteiger charge is 2.46. The van der Waals surface area contributed by atoms with Gasteiger partial charge in [-0.25, -0.2) is 4.79 Å². The number of carboxylic acid groups (broad SMARTS) is 1. The standard InChI is InChI=1S/C43H44O4/c1-8-27-46-38-17-9-10-18-39(38)47-43(40(44)45,34-23-19-30(20-24-34)32-13-11-15-36(28-32)41(2,3)4)35-25-21-31(22-26-35)33-14-12-16-37(29-33)42(5,6)7/h8-26,28-29H,1,27H2,2-7H3,(H,44,45). The van der Waals surface area contributed by atoms with Crippen LogP contribution in [0, 0.1) is 0 Å². The van der Waals surface area contributed by atoms with Crippen molar-refractivity contribution in [2.24, 2.45) is 0 Å². The molecule has 240 valence electrons. The highest BCUT2D eigenvalue weighted by molar-refractivity contribution is 5.85. The van der Waals surface area contributed by atoms with Crippen LogP contribution in [0.5, 0.6) is 11.5 Å². The number of benzene rings is 5. The van der Waals surface area contributed by atoms with Crippen LogP contribution in [0.15, 0.2) is 134 Å². The lowest BCUT2D eigenvalue weighted by Gasteiger charge is -2.32. The molecule has 0 radical (unpaired) electrons. The second kappa shape index (κ2) is 13.3. The van der Waals surface area contributed by atoms with Crippen molar-refractivity contribution in [1.82, 2.24) is 0 Å². The third kappa shape index (κ3) is 7.18. The van der Waals surface area contributed by atoms with Crippen molar-refractivity contribution in [2.45, 2.75) is 58.0 Å². The normalized spacial score (nSPS) is 12.0. The van der Waals surface area contributed by atoms with Crippen molar-refractivity contribution in [3.05, 3.63) is 156 Å². The first kappa shape index (κ1) is 33.3. The second-order valence-corrected chi connectivity index (χ2v) is 14.0. The monoisotopic (exact) mass is 624 g/mol. The maximum absolute atomic E-state index is 13.6. The molecule has 0 fully saturated rings. The molecular weight excluding hydrogens is 580 g/mol. The van der Waals surface area contributed by atoms with Crippen molar-refractivity contribution in [3.63, 3.8) is 0 Å². The van der Waals surface area contributed by atoms with Crippen LogP contribution in [-0.2, 0) is 21.2 Å². The molecule has 0 spiro atoms. The molecule has 5 rings (SSSR count). The topological polar surface area (TPSA) is 55.8 Å². The minimum Gasteiger partial charge on any atom is -0.486 e. The Bertz CT molecular complexity index is 1750. The zero-order valence-electron chi connectivity index (χ0n) is 28.2. The van der Waals surface area contributed by atoms with Crippen LogP contribution in [0.3, 0.4) is 0 Å². The summed E-state index contributed by atoms with van der Waals surface area (Å²) in [5, 5.41) is 11.1. The van der Waals surface area contributed by atoms with Gasteiger partial charge in [-0.15, -0.1) is 0 Å². The number of ether oxygens (including phenoxy) is 2. The molecule has 0 aliphatic heterocycles. The lowest BCUT2D eigenvalue weighted by molar-refractivity contribution is -0.152. The van der Waals surface area contributed by atoms with Gasteiger partial charge in [-0.05, 0) is 56.3 Å². The molecule has 5 aromatic carbocycles. The fourth-order valence-electron chi connectivity index (χ4n) is 5.67. The Morgan fingerprint density at radius 1 is 0.596 bits per heavy atom. The van der Waals surface area contributed by atoms with E-state index < -0.39 is 11.6 Å². The molecule has 0 aliphatic rings. The summed E-state index contributed by atoms with van der Waals surface area (Å²) in [6, 6.07) is 39.3. The number of aliphatic carboxylic acids is 1. The van der Waals surface area contributed by atoms with Gasteiger partial charge in [0.05, 0.1) is 0 Å². The smallest absolute Gasteiger partial charge is 0.357 e. The zero-order valence-corrected chi connectivity index (χ0v) is 28.2. The van der Waals surface area contributed by atoms with E-state index >= 15 is 0 Å². The second-order valence-electron chi connectivity index (χ2n) is 14.0. The first-order chi connectivity index (χ1) is 22.3. The van der Waals surface area contributed by atoms with E-state index in [0.29, 0.717) is 22.6 Å². The largest absolute Gasteiger partial charge is 0.486 e. The summed E-state index contributed by atoms with van der Waals surface area (Å²) < 4.78 is 12.5. The minimum absolute atomic E-state index is 0.00351. The number of hydrogen-bond acceptors (Lipinski definition) is 3. The molecule has 1 N–H and O–H groups in total. The van der Waals surface area contributed by atoms with E-state index in [1.165, 1.54) is 11.1 Å². The Hall–Kier alpha value is -5.09. The number of hydrogen-bond donors (Lipinski definition) is 1. The maximum Gasteiger partial charge on any atom is 0.357 e. The lowest BCUT2D eigenvalue weighted by Crippen LogP contribution is -2.43. The van der Waals surface area contributed by atoms with E-state index in [4.69, 9.17) is 9.47 Å². The van der Waals surface area contributed by atoms with Crippen molar-refractivity contribution in [2.75, 3.05) is 6.61 Å². The van der Waals surface area contributed by atoms with E-state index in [9.17, 15) is 9.90 Å². The summed E-state index contributed by atoms with van der Waals surface area (Å²) in [5.41, 5.74) is 5.68. The van der Waals surface area contributed by atoms with E-state index in [-0.39, 0.29) is 17.4 Å². The Labute approximate surface area is 279 Å². The zero-order chi connectivity index (χ0) is 33.8. The highest BCUT2D eigenvalue weighted by Crippen LogP contribution is 2.41. The number of carbonyl (C=O) groups is 1. The molecule has 0 amide bonds. The first-order valence-corrected chi connectivity index (χ1v) is 16.0. The minimum atomic E-state index is -1.87. The van der Waals surface area contributed by atoms with Crippen LogP contribution in [0.2, 0.25) is 0 Å². The van der Waals surface area contributed by atoms with E-state index in [2.05, 4.69) is 96.7 Å². The van der Waals surface area contributed by atoms with Crippen LogP contribution < -0.4 is 9.47 Å². The number of para-hydroxylation sites is 2. The van der Waals surface area contributed by atoms with Gasteiger partial charge in [-0.3, -0.25) is 0 Å². The number of rotatable bonds is 10. The summed E-state index contributed by atoms with van der Waals surface area (Å²) in [6.45, 7) is 17.2. The van der Waals surface area contributed by atoms with Crippen molar-refractivity contribution < 1.29 is 19.4 Å². The highest BCUT2D eigenvalue weighted by atomic mass is 16.6. The van der Waals surface area contributed by atoms with Crippen molar-refractivity contribution >= 4 is 5.97 Å². The molecule has 0 aliphatic carbocycles. The molecule has 5 aromatic rings. The molecule has 0 heterocycles. The fraction of sp³-hybridized carbons (Fsp3) is 0.233. The Morgan fingerprint density at radius 2 is 1.04 bits per heavy atom. The molecule has 0 saturated carbocycles. The van der Waals surface area contributed by atoms with Crippen LogP contribution in [-0.4, -0.2) is 17.7 Å². The molecule has 4 nitrogen and oxygen atoms in total. The first-order valence-electron chi connectivity index (χ1n) is 16.0. The summed E-state index contributed by atoms with van der Waals surface area (Å²) in [6.07, 6.45) is 1.64. The van der Waals surface area contributed by atoms with Gasteiger partial charge in [0.15, 0.2) is 11.5 Å². The van der Waals surface area contributed by atoms with Crippen LogP contribution in [0.1, 0.15) is 63.8 Å². The van der Waals surface area contributed by atoms with Gasteiger partial charge < -0.3 is 14.6 Å². The van der Waals surface area contributed by atoms with Gasteiger partial charge in [-0.2, -0.15) is 0 Å². The van der Waals surface area contributed by atoms with Crippen molar-refractivity contribution in [1.29, 1.82) is 0 Å². The SMILES string of the molecule is C=CCOc1ccccc1OC(C(=O)O)(c1ccc(-c2cccc(C(C)(C)C)c2)cc1)c1ccc(-c2cccc(C(C)(C)C)c2)cc1. The van der Waals surface area contributed by atoms with E-state index in [1.54, 1.807) is 24.3 Å². The third-order valence-electron chi connectivity index (χ3n) is 8.48. The van der Waals surface area contributed by atoms with E-state index in [1.807, 2.05) is 54.6 Å². The Kier molecular flexibility index (Phi) is 9.44. The Balaban J connectivity index is 1.63. The quantitative estimate of drug-likeness (QED) is 0.157. The average molecular weight is 625 g/mol. The van der Waals surface area contributed by atoms with Gasteiger partial charge in [0, 0.05) is 11.1 Å². The van der Waals surface area contributed by atoms with Gasteiger partial charge in [0.25, 0.3) is 5.60 Å². The summed E-state index contributed by atoms with van der Waals surface area (Å²) >= 11 is 0. The fourth-order valence-corrected chi connectivity index (χ4v) is 5.67.